The Bertz CT molecular complexity index is 758. The number of carbonyl (C=O) groups excluding carboxylic acids is 2. The second-order valence-electron chi connectivity index (χ2n) is 5.56. The van der Waals surface area contributed by atoms with Crippen molar-refractivity contribution in [2.45, 2.75) is 31.6 Å². The lowest BCUT2D eigenvalue weighted by molar-refractivity contribution is -0.137. The van der Waals surface area contributed by atoms with Crippen LogP contribution in [0.15, 0.2) is 40.5 Å². The average Bonchev–Trinajstić information content (AvgIpc) is 2.89. The van der Waals surface area contributed by atoms with Crippen molar-refractivity contribution < 1.29 is 14.3 Å². The van der Waals surface area contributed by atoms with Crippen LogP contribution in [-0.4, -0.2) is 34.3 Å². The first-order valence-corrected chi connectivity index (χ1v) is 8.86. The van der Waals surface area contributed by atoms with Crippen molar-refractivity contribution in [2.24, 2.45) is 4.99 Å². The number of fused-ring (bicyclic) bond motifs is 1. The van der Waals surface area contributed by atoms with Gasteiger partial charge < -0.3 is 4.74 Å². The van der Waals surface area contributed by atoms with E-state index in [4.69, 9.17) is 16.3 Å². The normalized spacial score (nSPS) is 23.2. The van der Waals surface area contributed by atoms with Crippen molar-refractivity contribution in [3.05, 3.63) is 46.1 Å². The van der Waals surface area contributed by atoms with Crippen LogP contribution in [0.3, 0.4) is 0 Å². The molecule has 0 saturated carbocycles. The van der Waals surface area contributed by atoms with E-state index in [0.29, 0.717) is 27.9 Å². The molecule has 1 aromatic rings. The van der Waals surface area contributed by atoms with Crippen molar-refractivity contribution in [1.29, 1.82) is 0 Å². The average molecular weight is 365 g/mol. The Balaban J connectivity index is 2.15. The molecule has 1 fully saturated rings. The zero-order valence-electron chi connectivity index (χ0n) is 13.6. The molecule has 24 heavy (non-hydrogen) atoms. The van der Waals surface area contributed by atoms with Crippen molar-refractivity contribution in [3.8, 4) is 0 Å². The van der Waals surface area contributed by atoms with E-state index >= 15 is 0 Å². The van der Waals surface area contributed by atoms with E-state index < -0.39 is 12.0 Å². The maximum absolute atomic E-state index is 12.8. The van der Waals surface area contributed by atoms with Gasteiger partial charge in [0.1, 0.15) is 0 Å². The van der Waals surface area contributed by atoms with Gasteiger partial charge in [0.25, 0.3) is 0 Å². The van der Waals surface area contributed by atoms with Gasteiger partial charge in [0.2, 0.25) is 5.91 Å². The van der Waals surface area contributed by atoms with Gasteiger partial charge in [0, 0.05) is 5.02 Å². The Kier molecular flexibility index (Phi) is 4.69. The lowest BCUT2D eigenvalue weighted by Crippen LogP contribution is -2.40. The molecule has 126 valence electrons. The first-order valence-electron chi connectivity index (χ1n) is 7.60. The van der Waals surface area contributed by atoms with Crippen LogP contribution in [0.25, 0.3) is 0 Å². The molecule has 0 N–H and O–H groups in total. The number of amides is 1. The molecule has 2 aliphatic rings. The molecule has 1 amide bonds. The molecule has 0 spiro atoms. The largest absolute Gasteiger partial charge is 0.466 e. The number of nitrogens with zero attached hydrogens (tertiary/aromatic N) is 2. The van der Waals surface area contributed by atoms with Crippen LogP contribution < -0.4 is 0 Å². The number of esters is 1. The summed E-state index contributed by atoms with van der Waals surface area (Å²) < 4.78 is 4.94. The highest BCUT2D eigenvalue weighted by atomic mass is 35.5. The minimum Gasteiger partial charge on any atom is -0.466 e. The van der Waals surface area contributed by atoms with Gasteiger partial charge in [-0.3, -0.25) is 9.69 Å². The number of hydrogen-bond donors (Lipinski definition) is 0. The summed E-state index contributed by atoms with van der Waals surface area (Å²) in [5, 5.41) is 1.05. The fourth-order valence-electron chi connectivity index (χ4n) is 2.92. The number of carbonyl (C=O) groups is 2. The quantitative estimate of drug-likeness (QED) is 0.769. The van der Waals surface area contributed by atoms with Crippen LogP contribution in [0.1, 0.15) is 31.9 Å². The monoisotopic (exact) mass is 364 g/mol. The zero-order valence-corrected chi connectivity index (χ0v) is 15.1. The van der Waals surface area contributed by atoms with E-state index in [-0.39, 0.29) is 11.2 Å². The molecule has 1 aromatic carbocycles. The summed E-state index contributed by atoms with van der Waals surface area (Å²) in [7, 11) is 1.33. The second-order valence-corrected chi connectivity index (χ2v) is 7.17. The molecule has 0 radical (unpaired) electrons. The molecule has 0 aromatic heterocycles. The number of methoxy groups -OCH3 is 1. The third-order valence-corrected chi connectivity index (χ3v) is 5.68. The van der Waals surface area contributed by atoms with E-state index in [1.54, 1.807) is 24.0 Å². The number of allylic oxidation sites excluding steroid dienone is 1. The minimum atomic E-state index is -0.543. The van der Waals surface area contributed by atoms with E-state index in [1.807, 2.05) is 19.1 Å². The molecule has 0 unspecified atom stereocenters. The Morgan fingerprint density at radius 2 is 2.04 bits per heavy atom. The molecule has 2 heterocycles. The van der Waals surface area contributed by atoms with E-state index in [1.165, 1.54) is 18.9 Å². The third kappa shape index (κ3) is 2.74. The standard InChI is InChI=1S/C17H17ClN2O3S/c1-4-12-15(21)20-14(10-5-7-11(18)8-6-10)13(16(22)23-3)9(2)19-17(20)24-12/h5-8,12,14H,4H2,1-3H3/t12-,14+/m1/s1. The van der Waals surface area contributed by atoms with E-state index in [2.05, 4.69) is 4.99 Å². The highest BCUT2D eigenvalue weighted by molar-refractivity contribution is 8.15. The molecule has 0 aliphatic carbocycles. The first-order chi connectivity index (χ1) is 11.5. The van der Waals surface area contributed by atoms with Gasteiger partial charge in [0.15, 0.2) is 5.17 Å². The summed E-state index contributed by atoms with van der Waals surface area (Å²) >= 11 is 7.42. The van der Waals surface area contributed by atoms with Gasteiger partial charge in [-0.05, 0) is 31.0 Å². The molecule has 1 saturated heterocycles. The van der Waals surface area contributed by atoms with Crippen LogP contribution in [0.2, 0.25) is 5.02 Å². The number of thioether (sulfide) groups is 1. The molecule has 5 nitrogen and oxygen atoms in total. The van der Waals surface area contributed by atoms with Gasteiger partial charge in [-0.15, -0.1) is 0 Å². The van der Waals surface area contributed by atoms with Crippen LogP contribution in [0.4, 0.5) is 0 Å². The molecule has 2 atom stereocenters. The maximum atomic E-state index is 12.8. The summed E-state index contributed by atoms with van der Waals surface area (Å²) in [5.41, 5.74) is 1.76. The minimum absolute atomic E-state index is 0.0323. The molecular weight excluding hydrogens is 348 g/mol. The summed E-state index contributed by atoms with van der Waals surface area (Å²) in [6.07, 6.45) is 0.707. The van der Waals surface area contributed by atoms with Gasteiger partial charge in [-0.2, -0.15) is 0 Å². The predicted molar refractivity (Wildman–Crippen MR) is 94.9 cm³/mol. The fourth-order valence-corrected chi connectivity index (χ4v) is 4.18. The van der Waals surface area contributed by atoms with Gasteiger partial charge in [0.05, 0.1) is 29.7 Å². The Morgan fingerprint density at radius 1 is 1.38 bits per heavy atom. The fraction of sp³-hybridized carbons (Fsp3) is 0.353. The number of benzene rings is 1. The highest BCUT2D eigenvalue weighted by Crippen LogP contribution is 2.44. The lowest BCUT2D eigenvalue weighted by Gasteiger charge is -2.32. The number of ether oxygens (including phenoxy) is 1. The third-order valence-electron chi connectivity index (χ3n) is 4.11. The Hall–Kier alpha value is -1.79. The first kappa shape index (κ1) is 17.0. The molecule has 7 heteroatoms. The van der Waals surface area contributed by atoms with Crippen LogP contribution in [0.5, 0.6) is 0 Å². The lowest BCUT2D eigenvalue weighted by atomic mass is 9.94. The zero-order chi connectivity index (χ0) is 17.4. The SMILES string of the molecule is CC[C@H]1SC2=NC(C)=C(C(=O)OC)[C@H](c3ccc(Cl)cc3)N2C1=O. The summed E-state index contributed by atoms with van der Waals surface area (Å²) in [4.78, 5) is 31.2. The smallest absolute Gasteiger partial charge is 0.338 e. The maximum Gasteiger partial charge on any atom is 0.338 e. The van der Waals surface area contributed by atoms with Gasteiger partial charge in [-0.25, -0.2) is 9.79 Å². The summed E-state index contributed by atoms with van der Waals surface area (Å²) in [5.74, 6) is -0.511. The number of aliphatic imine (C=N–C) groups is 1. The van der Waals surface area contributed by atoms with Crippen LogP contribution in [-0.2, 0) is 14.3 Å². The number of amidine groups is 1. The molecular formula is C17H17ClN2O3S. The summed E-state index contributed by atoms with van der Waals surface area (Å²) in [6, 6.07) is 6.60. The Morgan fingerprint density at radius 3 is 2.62 bits per heavy atom. The number of hydrogen-bond acceptors (Lipinski definition) is 5. The van der Waals surface area contributed by atoms with E-state index in [9.17, 15) is 9.59 Å². The topological polar surface area (TPSA) is 59.0 Å². The van der Waals surface area contributed by atoms with E-state index in [0.717, 1.165) is 5.56 Å². The highest BCUT2D eigenvalue weighted by Gasteiger charge is 2.47. The van der Waals surface area contributed by atoms with Gasteiger partial charge >= 0.3 is 5.97 Å². The number of halogens is 1. The molecule has 0 bridgehead atoms. The Labute approximate surface area is 149 Å². The predicted octanol–water partition coefficient (Wildman–Crippen LogP) is 3.55. The number of rotatable bonds is 3. The van der Waals surface area contributed by atoms with Crippen LogP contribution in [0, 0.1) is 0 Å². The molecule has 3 rings (SSSR count). The van der Waals surface area contributed by atoms with Crippen molar-refractivity contribution in [2.75, 3.05) is 7.11 Å². The van der Waals surface area contributed by atoms with Crippen molar-refractivity contribution in [1.82, 2.24) is 4.90 Å². The van der Waals surface area contributed by atoms with Gasteiger partial charge in [-0.1, -0.05) is 42.4 Å². The second kappa shape index (κ2) is 6.61. The van der Waals surface area contributed by atoms with Crippen molar-refractivity contribution in [3.63, 3.8) is 0 Å². The molecule has 2 aliphatic heterocycles. The summed E-state index contributed by atoms with van der Waals surface area (Å²) in [6.45, 7) is 3.73. The van der Waals surface area contributed by atoms with Crippen molar-refractivity contribution >= 4 is 40.4 Å². The van der Waals surface area contributed by atoms with Crippen LogP contribution >= 0.6 is 23.4 Å².